The van der Waals surface area contributed by atoms with Crippen molar-refractivity contribution in [3.63, 3.8) is 0 Å². The van der Waals surface area contributed by atoms with Gasteiger partial charge < -0.3 is 9.84 Å². The zero-order valence-corrected chi connectivity index (χ0v) is 12.3. The third-order valence-electron chi connectivity index (χ3n) is 4.07. The Hall–Kier alpha value is -1.13. The van der Waals surface area contributed by atoms with Gasteiger partial charge in [0.1, 0.15) is 12.7 Å². The molecule has 1 aromatic rings. The zero-order chi connectivity index (χ0) is 14.5. The Labute approximate surface area is 120 Å². The number of nitrogens with zero attached hydrogens (tertiary/aromatic N) is 1. The normalized spacial score (nSPS) is 25.4. The maximum Gasteiger partial charge on any atom is 0.165 e. The molecule has 1 fully saturated rings. The van der Waals surface area contributed by atoms with Crippen LogP contribution >= 0.6 is 0 Å². The minimum atomic E-state index is -0.599. The Balaban J connectivity index is 1.83. The predicted molar refractivity (Wildman–Crippen MR) is 77.4 cm³/mol. The fourth-order valence-electron chi connectivity index (χ4n) is 2.88. The van der Waals surface area contributed by atoms with Crippen molar-refractivity contribution in [2.75, 3.05) is 13.2 Å². The highest BCUT2D eigenvalue weighted by Crippen LogP contribution is 2.22. The van der Waals surface area contributed by atoms with Crippen molar-refractivity contribution >= 4 is 0 Å². The van der Waals surface area contributed by atoms with Gasteiger partial charge in [0.25, 0.3) is 0 Å². The third-order valence-corrected chi connectivity index (χ3v) is 4.07. The fraction of sp³-hybridized carbons (Fsp3) is 0.625. The highest BCUT2D eigenvalue weighted by Gasteiger charge is 2.26. The Kier molecular flexibility index (Phi) is 5.38. The number of hydrogen-bond donors (Lipinski definition) is 1. The van der Waals surface area contributed by atoms with Crippen LogP contribution in [0.3, 0.4) is 0 Å². The minimum absolute atomic E-state index is 0.122. The molecule has 0 unspecified atom stereocenters. The first-order valence-corrected chi connectivity index (χ1v) is 7.39. The molecule has 1 saturated heterocycles. The Morgan fingerprint density at radius 2 is 1.95 bits per heavy atom. The molecule has 1 heterocycles. The van der Waals surface area contributed by atoms with E-state index in [4.69, 9.17) is 4.74 Å². The number of ether oxygens (including phenoxy) is 1. The molecule has 3 nitrogen and oxygen atoms in total. The molecular weight excluding hydrogens is 257 g/mol. The molecule has 1 aliphatic heterocycles. The second-order valence-corrected chi connectivity index (χ2v) is 5.72. The van der Waals surface area contributed by atoms with E-state index < -0.39 is 6.10 Å². The number of aliphatic hydroxyl groups is 1. The minimum Gasteiger partial charge on any atom is -0.488 e. The van der Waals surface area contributed by atoms with Crippen molar-refractivity contribution in [1.29, 1.82) is 0 Å². The number of halogens is 1. The molecule has 2 rings (SSSR count). The highest BCUT2D eigenvalue weighted by atomic mass is 19.1. The van der Waals surface area contributed by atoms with E-state index in [1.165, 1.54) is 25.3 Å². The number of aliphatic hydroxyl groups excluding tert-OH is 1. The summed E-state index contributed by atoms with van der Waals surface area (Å²) in [7, 11) is 0. The first-order valence-electron chi connectivity index (χ1n) is 7.39. The molecular formula is C16H24FNO2. The van der Waals surface area contributed by atoms with Gasteiger partial charge in [-0.3, -0.25) is 4.90 Å². The average Bonchev–Trinajstić information content (AvgIpc) is 2.42. The molecule has 112 valence electrons. The van der Waals surface area contributed by atoms with Crippen molar-refractivity contribution in [3.05, 3.63) is 30.1 Å². The molecule has 4 heteroatoms. The second kappa shape index (κ2) is 7.04. The monoisotopic (exact) mass is 281 g/mol. The molecule has 20 heavy (non-hydrogen) atoms. The van der Waals surface area contributed by atoms with Crippen LogP contribution in [0.1, 0.15) is 33.1 Å². The maximum absolute atomic E-state index is 13.4. The van der Waals surface area contributed by atoms with Crippen LogP contribution < -0.4 is 4.74 Å². The number of likely N-dealkylation sites (tertiary alicyclic amines) is 1. The zero-order valence-electron chi connectivity index (χ0n) is 12.3. The van der Waals surface area contributed by atoms with E-state index in [9.17, 15) is 9.50 Å². The molecule has 0 aliphatic carbocycles. The lowest BCUT2D eigenvalue weighted by atomic mass is 9.97. The number of benzene rings is 1. The van der Waals surface area contributed by atoms with E-state index in [2.05, 4.69) is 18.7 Å². The molecule has 0 radical (unpaired) electrons. The van der Waals surface area contributed by atoms with Crippen LogP contribution in [0.4, 0.5) is 4.39 Å². The number of piperidine rings is 1. The lowest BCUT2D eigenvalue weighted by molar-refractivity contribution is 0.0202. The van der Waals surface area contributed by atoms with Crippen LogP contribution in [-0.2, 0) is 0 Å². The Morgan fingerprint density at radius 3 is 2.60 bits per heavy atom. The first-order chi connectivity index (χ1) is 9.58. The maximum atomic E-state index is 13.4. The summed E-state index contributed by atoms with van der Waals surface area (Å²) < 4.78 is 18.8. The van der Waals surface area contributed by atoms with Crippen LogP contribution in [0.25, 0.3) is 0 Å². The Bertz CT molecular complexity index is 417. The highest BCUT2D eigenvalue weighted by molar-refractivity contribution is 5.23. The molecule has 0 bridgehead atoms. The van der Waals surface area contributed by atoms with Gasteiger partial charge in [-0.25, -0.2) is 4.39 Å². The number of β-amino-alcohol motifs (C(OH)–C–C–N with tert-alkyl or cyclic N) is 1. The average molecular weight is 281 g/mol. The second-order valence-electron chi connectivity index (χ2n) is 5.72. The summed E-state index contributed by atoms with van der Waals surface area (Å²) in [6.45, 7) is 5.09. The summed E-state index contributed by atoms with van der Waals surface area (Å²) in [4.78, 5) is 2.32. The van der Waals surface area contributed by atoms with Crippen molar-refractivity contribution in [2.24, 2.45) is 0 Å². The molecule has 0 spiro atoms. The summed E-state index contributed by atoms with van der Waals surface area (Å²) in [5.74, 6) is -0.189. The van der Waals surface area contributed by atoms with Crippen molar-refractivity contribution < 1.29 is 14.2 Å². The van der Waals surface area contributed by atoms with Gasteiger partial charge in [-0.15, -0.1) is 0 Å². The summed E-state index contributed by atoms with van der Waals surface area (Å²) in [6.07, 6.45) is 2.99. The van der Waals surface area contributed by atoms with Gasteiger partial charge in [0.15, 0.2) is 11.6 Å². The smallest absolute Gasteiger partial charge is 0.165 e. The van der Waals surface area contributed by atoms with Crippen molar-refractivity contribution in [3.8, 4) is 5.75 Å². The summed E-state index contributed by atoms with van der Waals surface area (Å²) in [5, 5.41) is 10.1. The van der Waals surface area contributed by atoms with E-state index in [1.807, 2.05) is 0 Å². The molecule has 1 aliphatic rings. The SMILES string of the molecule is C[C@@H]1CCC[C@@H](C)N1C[C@@H](O)COc1ccccc1F. The molecule has 0 amide bonds. The van der Waals surface area contributed by atoms with E-state index in [1.54, 1.807) is 18.2 Å². The molecule has 3 atom stereocenters. The topological polar surface area (TPSA) is 32.7 Å². The van der Waals surface area contributed by atoms with E-state index in [0.717, 1.165) is 0 Å². The number of para-hydroxylation sites is 1. The van der Waals surface area contributed by atoms with Crippen molar-refractivity contribution in [1.82, 2.24) is 4.90 Å². The van der Waals surface area contributed by atoms with Crippen LogP contribution in [0.5, 0.6) is 5.75 Å². The predicted octanol–water partition coefficient (Wildman–Crippen LogP) is 2.83. The van der Waals surface area contributed by atoms with Crippen LogP contribution in [0.2, 0.25) is 0 Å². The largest absolute Gasteiger partial charge is 0.488 e. The lowest BCUT2D eigenvalue weighted by Crippen LogP contribution is -2.48. The van der Waals surface area contributed by atoms with Crippen LogP contribution in [0, 0.1) is 5.82 Å². The number of hydrogen-bond acceptors (Lipinski definition) is 3. The van der Waals surface area contributed by atoms with Crippen LogP contribution in [-0.4, -0.2) is 41.3 Å². The number of rotatable bonds is 5. The fourth-order valence-corrected chi connectivity index (χ4v) is 2.88. The first kappa shape index (κ1) is 15.3. The van der Waals surface area contributed by atoms with Gasteiger partial charge >= 0.3 is 0 Å². The standard InChI is InChI=1S/C16H24FNO2/c1-12-6-5-7-13(2)18(12)10-14(19)11-20-16-9-4-3-8-15(16)17/h3-4,8-9,12-14,19H,5-7,10-11H2,1-2H3/t12-,13-,14-/m1/s1. The molecule has 0 aromatic heterocycles. The summed E-state index contributed by atoms with van der Waals surface area (Å²) in [5.41, 5.74) is 0. The van der Waals surface area contributed by atoms with Gasteiger partial charge in [0, 0.05) is 18.6 Å². The summed E-state index contributed by atoms with van der Waals surface area (Å²) in [6, 6.07) is 7.25. The van der Waals surface area contributed by atoms with Gasteiger partial charge in [-0.2, -0.15) is 0 Å². The Morgan fingerprint density at radius 1 is 1.30 bits per heavy atom. The van der Waals surface area contributed by atoms with Gasteiger partial charge in [0.2, 0.25) is 0 Å². The van der Waals surface area contributed by atoms with Gasteiger partial charge in [-0.05, 0) is 38.8 Å². The van der Waals surface area contributed by atoms with Crippen molar-refractivity contribution in [2.45, 2.75) is 51.3 Å². The van der Waals surface area contributed by atoms with Gasteiger partial charge in [-0.1, -0.05) is 18.6 Å². The molecule has 1 N–H and O–H groups in total. The van der Waals surface area contributed by atoms with E-state index in [-0.39, 0.29) is 18.2 Å². The molecule has 0 saturated carbocycles. The van der Waals surface area contributed by atoms with E-state index >= 15 is 0 Å². The van der Waals surface area contributed by atoms with Crippen LogP contribution in [0.15, 0.2) is 24.3 Å². The molecule has 1 aromatic carbocycles. The summed E-state index contributed by atoms with van der Waals surface area (Å²) >= 11 is 0. The third kappa shape index (κ3) is 3.93. The van der Waals surface area contributed by atoms with E-state index in [0.29, 0.717) is 18.6 Å². The lowest BCUT2D eigenvalue weighted by Gasteiger charge is -2.40. The van der Waals surface area contributed by atoms with Gasteiger partial charge in [0.05, 0.1) is 0 Å². The quantitative estimate of drug-likeness (QED) is 0.901.